The Hall–Kier alpha value is -0.960. The van der Waals surface area contributed by atoms with E-state index in [-0.39, 0.29) is 17.8 Å². The van der Waals surface area contributed by atoms with Gasteiger partial charge in [-0.1, -0.05) is 0 Å². The molecule has 3 heteroatoms. The molecule has 1 aromatic rings. The molecule has 0 aliphatic heterocycles. The molecule has 1 aromatic carbocycles. The number of hydrogen-bond acceptors (Lipinski definition) is 1. The fourth-order valence-electron chi connectivity index (χ4n) is 1.65. The van der Waals surface area contributed by atoms with Gasteiger partial charge in [-0.15, -0.1) is 0 Å². The van der Waals surface area contributed by atoms with Crippen molar-refractivity contribution in [3.63, 3.8) is 0 Å². The minimum Gasteiger partial charge on any atom is -0.396 e. The molecular weight excluding hydrogens is 186 g/mol. The van der Waals surface area contributed by atoms with Crippen molar-refractivity contribution in [2.75, 3.05) is 6.61 Å². The lowest BCUT2D eigenvalue weighted by molar-refractivity contribution is 0.210. The van der Waals surface area contributed by atoms with Crippen molar-refractivity contribution in [3.8, 4) is 0 Å². The smallest absolute Gasteiger partial charge is 0.126 e. The second-order valence-corrected chi connectivity index (χ2v) is 4.07. The maximum atomic E-state index is 13.2. The first-order valence-electron chi connectivity index (χ1n) is 4.70. The van der Waals surface area contributed by atoms with Gasteiger partial charge in [0.05, 0.1) is 0 Å². The zero-order valence-electron chi connectivity index (χ0n) is 7.76. The standard InChI is InChI=1S/C11H12F2O/c12-9-1-2-10(13)8(5-9)6-11(7-14)3-4-11/h1-2,5,14H,3-4,6-7H2. The van der Waals surface area contributed by atoms with Gasteiger partial charge in [-0.05, 0) is 48.4 Å². The maximum Gasteiger partial charge on any atom is 0.126 e. The van der Waals surface area contributed by atoms with E-state index in [1.165, 1.54) is 6.07 Å². The summed E-state index contributed by atoms with van der Waals surface area (Å²) >= 11 is 0. The molecule has 0 bridgehead atoms. The molecule has 76 valence electrons. The van der Waals surface area contributed by atoms with Crippen LogP contribution in [0.15, 0.2) is 18.2 Å². The molecule has 1 aliphatic carbocycles. The minimum absolute atomic E-state index is 0.0585. The third kappa shape index (κ3) is 1.77. The van der Waals surface area contributed by atoms with Crippen LogP contribution in [0.5, 0.6) is 0 Å². The SMILES string of the molecule is OCC1(Cc2cc(F)ccc2F)CC1. The third-order valence-electron chi connectivity index (χ3n) is 2.87. The zero-order valence-corrected chi connectivity index (χ0v) is 7.76. The molecule has 0 atom stereocenters. The average molecular weight is 198 g/mol. The van der Waals surface area contributed by atoms with Crippen molar-refractivity contribution in [1.29, 1.82) is 0 Å². The van der Waals surface area contributed by atoms with Crippen LogP contribution in [-0.4, -0.2) is 11.7 Å². The molecule has 0 amide bonds. The number of benzene rings is 1. The normalized spacial score (nSPS) is 18.2. The van der Waals surface area contributed by atoms with E-state index in [9.17, 15) is 8.78 Å². The Morgan fingerprint density at radius 3 is 2.57 bits per heavy atom. The summed E-state index contributed by atoms with van der Waals surface area (Å²) in [5.74, 6) is -0.804. The highest BCUT2D eigenvalue weighted by Gasteiger charge is 2.42. The summed E-state index contributed by atoms with van der Waals surface area (Å²) < 4.78 is 26.0. The van der Waals surface area contributed by atoms with Gasteiger partial charge in [0.1, 0.15) is 11.6 Å². The summed E-state index contributed by atoms with van der Waals surface area (Å²) in [4.78, 5) is 0. The van der Waals surface area contributed by atoms with E-state index in [2.05, 4.69) is 0 Å². The molecule has 2 rings (SSSR count). The van der Waals surface area contributed by atoms with Gasteiger partial charge in [-0.3, -0.25) is 0 Å². The Labute approximate surface area is 81.4 Å². The second kappa shape index (κ2) is 3.31. The molecule has 1 aliphatic rings. The molecule has 0 spiro atoms. The molecule has 0 saturated heterocycles. The van der Waals surface area contributed by atoms with Crippen molar-refractivity contribution in [2.45, 2.75) is 19.3 Å². The van der Waals surface area contributed by atoms with Crippen molar-refractivity contribution in [1.82, 2.24) is 0 Å². The van der Waals surface area contributed by atoms with Gasteiger partial charge in [0.2, 0.25) is 0 Å². The summed E-state index contributed by atoms with van der Waals surface area (Å²) in [6.45, 7) is 0.0585. The van der Waals surface area contributed by atoms with Crippen molar-refractivity contribution < 1.29 is 13.9 Å². The largest absolute Gasteiger partial charge is 0.396 e. The fraction of sp³-hybridized carbons (Fsp3) is 0.455. The van der Waals surface area contributed by atoms with Gasteiger partial charge in [0.25, 0.3) is 0 Å². The monoisotopic (exact) mass is 198 g/mol. The fourth-order valence-corrected chi connectivity index (χ4v) is 1.65. The van der Waals surface area contributed by atoms with Crippen LogP contribution in [0.4, 0.5) is 8.78 Å². The number of rotatable bonds is 3. The average Bonchev–Trinajstić information content (AvgIpc) is 2.92. The summed E-state index contributed by atoms with van der Waals surface area (Å²) in [7, 11) is 0. The van der Waals surface area contributed by atoms with E-state index in [0.717, 1.165) is 25.0 Å². The molecule has 0 radical (unpaired) electrons. The number of halogens is 2. The molecule has 1 fully saturated rings. The van der Waals surface area contributed by atoms with Crippen molar-refractivity contribution >= 4 is 0 Å². The molecule has 0 aromatic heterocycles. The number of aliphatic hydroxyl groups is 1. The first-order chi connectivity index (χ1) is 6.65. The topological polar surface area (TPSA) is 20.2 Å². The van der Waals surface area contributed by atoms with Crippen LogP contribution in [0, 0.1) is 17.0 Å². The summed E-state index contributed by atoms with van der Waals surface area (Å²) in [5, 5.41) is 9.06. The maximum absolute atomic E-state index is 13.2. The molecule has 1 saturated carbocycles. The van der Waals surface area contributed by atoms with Gasteiger partial charge < -0.3 is 5.11 Å². The van der Waals surface area contributed by atoms with Crippen LogP contribution in [0.2, 0.25) is 0 Å². The van der Waals surface area contributed by atoms with Crippen molar-refractivity contribution in [2.24, 2.45) is 5.41 Å². The van der Waals surface area contributed by atoms with Crippen LogP contribution < -0.4 is 0 Å². The van der Waals surface area contributed by atoms with E-state index >= 15 is 0 Å². The molecule has 0 unspecified atom stereocenters. The van der Waals surface area contributed by atoms with E-state index < -0.39 is 5.82 Å². The van der Waals surface area contributed by atoms with E-state index in [1.54, 1.807) is 0 Å². The minimum atomic E-state index is -0.421. The van der Waals surface area contributed by atoms with Gasteiger partial charge in [0.15, 0.2) is 0 Å². The van der Waals surface area contributed by atoms with E-state index in [1.807, 2.05) is 0 Å². The molecular formula is C11H12F2O. The second-order valence-electron chi connectivity index (χ2n) is 4.07. The Kier molecular flexibility index (Phi) is 2.27. The van der Waals surface area contributed by atoms with Crippen LogP contribution in [0.1, 0.15) is 18.4 Å². The molecule has 1 nitrogen and oxygen atoms in total. The van der Waals surface area contributed by atoms with Crippen molar-refractivity contribution in [3.05, 3.63) is 35.4 Å². The quantitative estimate of drug-likeness (QED) is 0.790. The predicted molar refractivity (Wildman–Crippen MR) is 48.8 cm³/mol. The van der Waals surface area contributed by atoms with Crippen LogP contribution in [0.3, 0.4) is 0 Å². The lowest BCUT2D eigenvalue weighted by Crippen LogP contribution is -2.11. The van der Waals surface area contributed by atoms with E-state index in [4.69, 9.17) is 5.11 Å². The number of aliphatic hydroxyl groups excluding tert-OH is 1. The van der Waals surface area contributed by atoms with Crippen LogP contribution in [-0.2, 0) is 6.42 Å². The highest BCUT2D eigenvalue weighted by Crippen LogP contribution is 2.48. The third-order valence-corrected chi connectivity index (χ3v) is 2.87. The summed E-state index contributed by atoms with van der Waals surface area (Å²) in [5.41, 5.74) is 0.200. The van der Waals surface area contributed by atoms with Gasteiger partial charge in [-0.2, -0.15) is 0 Å². The van der Waals surface area contributed by atoms with Crippen LogP contribution >= 0.6 is 0 Å². The Morgan fingerprint density at radius 2 is 2.00 bits per heavy atom. The first-order valence-corrected chi connectivity index (χ1v) is 4.70. The summed E-state index contributed by atoms with van der Waals surface area (Å²) in [6.07, 6.45) is 2.24. The highest BCUT2D eigenvalue weighted by molar-refractivity contribution is 5.21. The number of hydrogen-bond donors (Lipinski definition) is 1. The van der Waals surface area contributed by atoms with E-state index in [0.29, 0.717) is 12.0 Å². The lowest BCUT2D eigenvalue weighted by atomic mass is 9.97. The van der Waals surface area contributed by atoms with Gasteiger partial charge in [0, 0.05) is 6.61 Å². The lowest BCUT2D eigenvalue weighted by Gasteiger charge is -2.11. The Morgan fingerprint density at radius 1 is 1.29 bits per heavy atom. The molecule has 0 heterocycles. The Balaban J connectivity index is 2.20. The van der Waals surface area contributed by atoms with Gasteiger partial charge in [-0.25, -0.2) is 8.78 Å². The molecule has 14 heavy (non-hydrogen) atoms. The highest BCUT2D eigenvalue weighted by atomic mass is 19.1. The zero-order chi connectivity index (χ0) is 10.2. The predicted octanol–water partition coefficient (Wildman–Crippen LogP) is 2.28. The summed E-state index contributed by atoms with van der Waals surface area (Å²) in [6, 6.07) is 3.46. The van der Waals surface area contributed by atoms with Gasteiger partial charge >= 0.3 is 0 Å². The first kappa shape index (κ1) is 9.59. The molecule has 1 N–H and O–H groups in total. The Bertz CT molecular complexity index is 345. The van der Waals surface area contributed by atoms with Crippen LogP contribution in [0.25, 0.3) is 0 Å².